The highest BCUT2D eigenvalue weighted by molar-refractivity contribution is 5.59. The number of ether oxygens (including phenoxy) is 2. The van der Waals surface area contributed by atoms with Crippen molar-refractivity contribution in [3.8, 4) is 0 Å². The molecule has 0 aromatic heterocycles. The van der Waals surface area contributed by atoms with Gasteiger partial charge >= 0.3 is 0 Å². The van der Waals surface area contributed by atoms with Crippen LogP contribution in [0.15, 0.2) is 0 Å². The van der Waals surface area contributed by atoms with Crippen LogP contribution >= 0.6 is 0 Å². The Balaban J connectivity index is 2.17. The van der Waals surface area contributed by atoms with E-state index in [1.54, 1.807) is 0 Å². The van der Waals surface area contributed by atoms with Crippen molar-refractivity contribution in [1.82, 2.24) is 0 Å². The maximum atomic E-state index is 10.8. The smallest absolute Gasteiger partial charge is 0.170 e. The molecule has 0 N–H and O–H groups in total. The van der Waals surface area contributed by atoms with Crippen LogP contribution in [-0.2, 0) is 14.3 Å². The standard InChI is InChI=1S/C10H16O3/c1-9(2)8(7-11)12-10(13-9)5-3-4-6-10/h7-8H,3-6H2,1-2H3. The highest BCUT2D eigenvalue weighted by Crippen LogP contribution is 2.45. The number of carbonyl (C=O) groups is 1. The Kier molecular flexibility index (Phi) is 1.96. The second kappa shape index (κ2) is 2.79. The first-order valence-corrected chi connectivity index (χ1v) is 4.91. The molecule has 1 aliphatic carbocycles. The maximum Gasteiger partial charge on any atom is 0.170 e. The molecule has 0 radical (unpaired) electrons. The fourth-order valence-electron chi connectivity index (χ4n) is 2.26. The van der Waals surface area contributed by atoms with Crippen molar-refractivity contribution < 1.29 is 14.3 Å². The third-order valence-corrected chi connectivity index (χ3v) is 2.96. The highest BCUT2D eigenvalue weighted by atomic mass is 16.8. The summed E-state index contributed by atoms with van der Waals surface area (Å²) in [6.45, 7) is 3.83. The molecule has 1 saturated carbocycles. The second-order valence-electron chi connectivity index (χ2n) is 4.50. The van der Waals surface area contributed by atoms with Crippen molar-refractivity contribution in [2.45, 2.75) is 57.0 Å². The molecule has 0 amide bonds. The van der Waals surface area contributed by atoms with Gasteiger partial charge in [0.15, 0.2) is 12.1 Å². The molecule has 1 unspecified atom stereocenters. The first-order chi connectivity index (χ1) is 6.08. The minimum absolute atomic E-state index is 0.398. The van der Waals surface area contributed by atoms with Crippen LogP contribution in [0, 0.1) is 0 Å². The molecule has 1 saturated heterocycles. The van der Waals surface area contributed by atoms with Crippen molar-refractivity contribution in [3.63, 3.8) is 0 Å². The molecule has 0 aromatic rings. The van der Waals surface area contributed by atoms with Gasteiger partial charge in [0.25, 0.3) is 0 Å². The summed E-state index contributed by atoms with van der Waals surface area (Å²) in [6.07, 6.45) is 4.60. The second-order valence-corrected chi connectivity index (χ2v) is 4.50. The van der Waals surface area contributed by atoms with Gasteiger partial charge in [0.2, 0.25) is 0 Å². The predicted molar refractivity (Wildman–Crippen MR) is 47.3 cm³/mol. The van der Waals surface area contributed by atoms with E-state index < -0.39 is 17.5 Å². The predicted octanol–water partition coefficient (Wildman–Crippen LogP) is 1.65. The van der Waals surface area contributed by atoms with Crippen LogP contribution in [0.4, 0.5) is 0 Å². The van der Waals surface area contributed by atoms with Gasteiger partial charge in [-0.1, -0.05) is 0 Å². The number of hydrogen-bond acceptors (Lipinski definition) is 3. The molecule has 0 aromatic carbocycles. The normalized spacial score (nSPS) is 35.4. The highest BCUT2D eigenvalue weighted by Gasteiger charge is 2.53. The van der Waals surface area contributed by atoms with Crippen LogP contribution in [0.2, 0.25) is 0 Å². The van der Waals surface area contributed by atoms with Crippen molar-refractivity contribution in [2.24, 2.45) is 0 Å². The Morgan fingerprint density at radius 3 is 2.38 bits per heavy atom. The molecule has 13 heavy (non-hydrogen) atoms. The molecule has 3 nitrogen and oxygen atoms in total. The summed E-state index contributed by atoms with van der Waals surface area (Å²) in [5, 5.41) is 0. The lowest BCUT2D eigenvalue weighted by Crippen LogP contribution is -2.34. The van der Waals surface area contributed by atoms with Gasteiger partial charge in [-0.2, -0.15) is 0 Å². The third-order valence-electron chi connectivity index (χ3n) is 2.96. The van der Waals surface area contributed by atoms with E-state index in [2.05, 4.69) is 0 Å². The van der Waals surface area contributed by atoms with Crippen molar-refractivity contribution >= 4 is 6.29 Å². The molecular formula is C10H16O3. The fraction of sp³-hybridized carbons (Fsp3) is 0.900. The Morgan fingerprint density at radius 2 is 1.92 bits per heavy atom. The van der Waals surface area contributed by atoms with Gasteiger partial charge in [0, 0.05) is 12.8 Å². The van der Waals surface area contributed by atoms with Gasteiger partial charge in [-0.05, 0) is 26.7 Å². The molecule has 74 valence electrons. The van der Waals surface area contributed by atoms with Crippen molar-refractivity contribution in [3.05, 3.63) is 0 Å². The van der Waals surface area contributed by atoms with E-state index in [4.69, 9.17) is 9.47 Å². The van der Waals surface area contributed by atoms with Gasteiger partial charge in [-0.25, -0.2) is 0 Å². The lowest BCUT2D eigenvalue weighted by atomic mass is 10.0. The summed E-state index contributed by atoms with van der Waals surface area (Å²) in [6, 6.07) is 0. The lowest BCUT2D eigenvalue weighted by Gasteiger charge is -2.24. The summed E-state index contributed by atoms with van der Waals surface area (Å²) in [7, 11) is 0. The van der Waals surface area contributed by atoms with E-state index in [-0.39, 0.29) is 0 Å². The SMILES string of the molecule is CC1(C)OC2(CCCC2)OC1C=O. The Labute approximate surface area is 78.4 Å². The first kappa shape index (κ1) is 9.16. The largest absolute Gasteiger partial charge is 0.341 e. The van der Waals surface area contributed by atoms with E-state index in [0.29, 0.717) is 0 Å². The zero-order valence-electron chi connectivity index (χ0n) is 8.21. The van der Waals surface area contributed by atoms with Gasteiger partial charge in [-0.15, -0.1) is 0 Å². The topological polar surface area (TPSA) is 35.5 Å². The molecule has 1 spiro atoms. The monoisotopic (exact) mass is 184 g/mol. The number of aldehydes is 1. The number of rotatable bonds is 1. The molecule has 2 fully saturated rings. The van der Waals surface area contributed by atoms with Crippen LogP contribution in [0.1, 0.15) is 39.5 Å². The molecule has 1 heterocycles. The van der Waals surface area contributed by atoms with Crippen LogP contribution in [0.3, 0.4) is 0 Å². The summed E-state index contributed by atoms with van der Waals surface area (Å²) < 4.78 is 11.5. The van der Waals surface area contributed by atoms with Crippen LogP contribution in [-0.4, -0.2) is 23.8 Å². The third kappa shape index (κ3) is 1.40. The van der Waals surface area contributed by atoms with E-state index in [1.165, 1.54) is 0 Å². The summed E-state index contributed by atoms with van der Waals surface area (Å²) in [5.41, 5.74) is -0.452. The zero-order valence-corrected chi connectivity index (χ0v) is 8.21. The molecule has 3 heteroatoms. The molecular weight excluding hydrogens is 168 g/mol. The summed E-state index contributed by atoms with van der Waals surface area (Å²) >= 11 is 0. The van der Waals surface area contributed by atoms with E-state index in [1.807, 2.05) is 13.8 Å². The fourth-order valence-corrected chi connectivity index (χ4v) is 2.26. The molecule has 1 aliphatic heterocycles. The minimum atomic E-state index is -0.452. The first-order valence-electron chi connectivity index (χ1n) is 4.91. The summed E-state index contributed by atoms with van der Waals surface area (Å²) in [4.78, 5) is 10.8. The van der Waals surface area contributed by atoms with E-state index in [9.17, 15) is 4.79 Å². The van der Waals surface area contributed by atoms with E-state index in [0.717, 1.165) is 32.0 Å². The van der Waals surface area contributed by atoms with Gasteiger partial charge < -0.3 is 14.3 Å². The van der Waals surface area contributed by atoms with Gasteiger partial charge in [0.05, 0.1) is 5.60 Å². The molecule has 0 bridgehead atoms. The zero-order chi connectivity index (χ0) is 9.53. The average Bonchev–Trinajstić information content (AvgIpc) is 2.57. The quantitative estimate of drug-likeness (QED) is 0.581. The van der Waals surface area contributed by atoms with E-state index >= 15 is 0 Å². The molecule has 2 rings (SSSR count). The van der Waals surface area contributed by atoms with Crippen LogP contribution in [0.25, 0.3) is 0 Å². The van der Waals surface area contributed by atoms with Crippen molar-refractivity contribution in [1.29, 1.82) is 0 Å². The Bertz CT molecular complexity index is 216. The van der Waals surface area contributed by atoms with Gasteiger partial charge in [0.1, 0.15) is 6.10 Å². The van der Waals surface area contributed by atoms with Crippen LogP contribution in [0.5, 0.6) is 0 Å². The molecule has 2 aliphatic rings. The average molecular weight is 184 g/mol. The maximum absolute atomic E-state index is 10.8. The Hall–Kier alpha value is -0.410. The minimum Gasteiger partial charge on any atom is -0.341 e. The van der Waals surface area contributed by atoms with Crippen molar-refractivity contribution in [2.75, 3.05) is 0 Å². The van der Waals surface area contributed by atoms with Gasteiger partial charge in [-0.3, -0.25) is 0 Å². The Morgan fingerprint density at radius 1 is 1.31 bits per heavy atom. The lowest BCUT2D eigenvalue weighted by molar-refractivity contribution is -0.179. The number of carbonyl (C=O) groups excluding carboxylic acids is 1. The number of hydrogen-bond donors (Lipinski definition) is 0. The van der Waals surface area contributed by atoms with Crippen LogP contribution < -0.4 is 0 Å². The summed E-state index contributed by atoms with van der Waals surface area (Å²) in [5.74, 6) is -0.435. The molecule has 1 atom stereocenters.